The molecule has 2 heterocycles. The second-order valence-electron chi connectivity index (χ2n) is 5.36. The quantitative estimate of drug-likeness (QED) is 0.883. The van der Waals surface area contributed by atoms with E-state index >= 15 is 0 Å². The van der Waals surface area contributed by atoms with Gasteiger partial charge >= 0.3 is 0 Å². The Morgan fingerprint density at radius 1 is 1.45 bits per heavy atom. The highest BCUT2D eigenvalue weighted by atomic mass is 16.2. The number of piperazine rings is 1. The predicted molar refractivity (Wildman–Crippen MR) is 80.8 cm³/mol. The Bertz CT molecular complexity index is 463. The maximum absolute atomic E-state index is 11.8. The zero-order chi connectivity index (χ0) is 14.5. The number of carbonyl (C=O) groups excluding carboxylic acids is 1. The lowest BCUT2D eigenvalue weighted by Gasteiger charge is -2.33. The first kappa shape index (κ1) is 14.8. The van der Waals surface area contributed by atoms with Crippen molar-refractivity contribution < 1.29 is 4.79 Å². The lowest BCUT2D eigenvalue weighted by Crippen LogP contribution is -2.48. The first-order valence-electron chi connectivity index (χ1n) is 7.30. The summed E-state index contributed by atoms with van der Waals surface area (Å²) in [7, 11) is 1.85. The molecule has 1 aromatic heterocycles. The van der Waals surface area contributed by atoms with Gasteiger partial charge in [0.1, 0.15) is 5.82 Å². The van der Waals surface area contributed by atoms with E-state index in [1.54, 1.807) is 4.90 Å². The van der Waals surface area contributed by atoms with Gasteiger partial charge in [0.25, 0.3) is 0 Å². The topological polar surface area (TPSA) is 48.5 Å². The Hall–Kier alpha value is -1.62. The van der Waals surface area contributed by atoms with Gasteiger partial charge < -0.3 is 15.1 Å². The fourth-order valence-corrected chi connectivity index (χ4v) is 2.31. The minimum Gasteiger partial charge on any atom is -0.346 e. The highest BCUT2D eigenvalue weighted by Crippen LogP contribution is 2.19. The fraction of sp³-hybridized carbons (Fsp3) is 0.600. The molecule has 1 saturated heterocycles. The largest absolute Gasteiger partial charge is 0.346 e. The molecule has 0 aromatic carbocycles. The summed E-state index contributed by atoms with van der Waals surface area (Å²) in [6.07, 6.45) is 2.95. The minimum absolute atomic E-state index is 0.153. The van der Waals surface area contributed by atoms with Gasteiger partial charge in [-0.2, -0.15) is 0 Å². The number of amides is 1. The van der Waals surface area contributed by atoms with E-state index in [0.717, 1.165) is 31.9 Å². The Balaban J connectivity index is 2.07. The van der Waals surface area contributed by atoms with E-state index in [1.165, 1.54) is 5.56 Å². The number of hydrogen-bond donors (Lipinski definition) is 1. The smallest absolute Gasteiger partial charge is 0.241 e. The number of anilines is 1. The molecule has 1 N–H and O–H groups in total. The monoisotopic (exact) mass is 276 g/mol. The van der Waals surface area contributed by atoms with Crippen LogP contribution < -0.4 is 10.2 Å². The summed E-state index contributed by atoms with van der Waals surface area (Å²) in [5, 5.41) is 3.47. The summed E-state index contributed by atoms with van der Waals surface area (Å²) in [5.41, 5.74) is 1.22. The second kappa shape index (κ2) is 6.70. The van der Waals surface area contributed by atoms with Crippen LogP contribution in [-0.2, 0) is 4.79 Å². The van der Waals surface area contributed by atoms with Crippen molar-refractivity contribution in [3.05, 3.63) is 23.9 Å². The van der Waals surface area contributed by atoms with E-state index in [2.05, 4.69) is 35.1 Å². The molecular weight excluding hydrogens is 252 g/mol. The van der Waals surface area contributed by atoms with Gasteiger partial charge in [0, 0.05) is 32.4 Å². The van der Waals surface area contributed by atoms with Gasteiger partial charge in [-0.3, -0.25) is 4.79 Å². The standard InChI is InChI=1S/C15H24N4O/c1-4-6-16-12(2)13-5-7-17-14(10-13)19-9-8-18(3)15(20)11-19/h5,7,10,12,16H,4,6,8-9,11H2,1-3H3. The molecule has 5 nitrogen and oxygen atoms in total. The third kappa shape index (κ3) is 3.48. The van der Waals surface area contributed by atoms with Gasteiger partial charge in [-0.15, -0.1) is 0 Å². The summed E-state index contributed by atoms with van der Waals surface area (Å²) >= 11 is 0. The molecule has 1 aliphatic rings. The lowest BCUT2D eigenvalue weighted by molar-refractivity contribution is -0.129. The molecule has 2 rings (SSSR count). The third-order valence-electron chi connectivity index (χ3n) is 3.75. The number of nitrogens with one attached hydrogen (secondary N) is 1. The van der Waals surface area contributed by atoms with Crippen molar-refractivity contribution in [3.63, 3.8) is 0 Å². The van der Waals surface area contributed by atoms with Crippen molar-refractivity contribution in [3.8, 4) is 0 Å². The Labute approximate surface area is 121 Å². The zero-order valence-electron chi connectivity index (χ0n) is 12.6. The van der Waals surface area contributed by atoms with Crippen molar-refractivity contribution in [1.82, 2.24) is 15.2 Å². The van der Waals surface area contributed by atoms with Crippen LogP contribution in [0.2, 0.25) is 0 Å². The number of likely N-dealkylation sites (N-methyl/N-ethyl adjacent to an activating group) is 1. The van der Waals surface area contributed by atoms with Crippen LogP contribution in [0.4, 0.5) is 5.82 Å². The number of rotatable bonds is 5. The van der Waals surface area contributed by atoms with Crippen LogP contribution in [-0.4, -0.2) is 49.0 Å². The summed E-state index contributed by atoms with van der Waals surface area (Å²) in [6.45, 7) is 7.34. The van der Waals surface area contributed by atoms with Crippen LogP contribution in [0.25, 0.3) is 0 Å². The maximum atomic E-state index is 11.8. The van der Waals surface area contributed by atoms with Crippen LogP contribution in [0.3, 0.4) is 0 Å². The fourth-order valence-electron chi connectivity index (χ4n) is 2.31. The van der Waals surface area contributed by atoms with Crippen LogP contribution in [0.15, 0.2) is 18.3 Å². The van der Waals surface area contributed by atoms with Gasteiger partial charge in [-0.25, -0.2) is 4.98 Å². The van der Waals surface area contributed by atoms with Crippen molar-refractivity contribution in [2.24, 2.45) is 0 Å². The third-order valence-corrected chi connectivity index (χ3v) is 3.75. The molecule has 1 unspecified atom stereocenters. The highest BCUT2D eigenvalue weighted by Gasteiger charge is 2.22. The lowest BCUT2D eigenvalue weighted by atomic mass is 10.1. The average Bonchev–Trinajstić information content (AvgIpc) is 2.47. The summed E-state index contributed by atoms with van der Waals surface area (Å²) in [5.74, 6) is 1.05. The van der Waals surface area contributed by atoms with Crippen LogP contribution in [0.1, 0.15) is 31.9 Å². The van der Waals surface area contributed by atoms with Crippen molar-refractivity contribution in [2.45, 2.75) is 26.3 Å². The number of aromatic nitrogens is 1. The van der Waals surface area contributed by atoms with Gasteiger partial charge in [0.15, 0.2) is 0 Å². The van der Waals surface area contributed by atoms with E-state index in [-0.39, 0.29) is 5.91 Å². The Kier molecular flexibility index (Phi) is 4.95. The molecular formula is C15H24N4O. The van der Waals surface area contributed by atoms with E-state index in [4.69, 9.17) is 0 Å². The molecule has 1 aliphatic heterocycles. The number of pyridine rings is 1. The average molecular weight is 276 g/mol. The minimum atomic E-state index is 0.153. The summed E-state index contributed by atoms with van der Waals surface area (Å²) < 4.78 is 0. The van der Waals surface area contributed by atoms with E-state index in [9.17, 15) is 4.79 Å². The van der Waals surface area contributed by atoms with Crippen LogP contribution in [0.5, 0.6) is 0 Å². The van der Waals surface area contributed by atoms with E-state index < -0.39 is 0 Å². The normalized spacial score (nSPS) is 17.4. The van der Waals surface area contributed by atoms with Crippen molar-refractivity contribution in [1.29, 1.82) is 0 Å². The molecule has 1 fully saturated rings. The highest BCUT2D eigenvalue weighted by molar-refractivity contribution is 5.82. The summed E-state index contributed by atoms with van der Waals surface area (Å²) in [4.78, 5) is 20.0. The second-order valence-corrected chi connectivity index (χ2v) is 5.36. The molecule has 0 spiro atoms. The Morgan fingerprint density at radius 3 is 2.95 bits per heavy atom. The zero-order valence-corrected chi connectivity index (χ0v) is 12.6. The molecule has 0 radical (unpaired) electrons. The molecule has 110 valence electrons. The molecule has 0 bridgehead atoms. The molecule has 5 heteroatoms. The Morgan fingerprint density at radius 2 is 2.25 bits per heavy atom. The number of hydrogen-bond acceptors (Lipinski definition) is 4. The van der Waals surface area contributed by atoms with Gasteiger partial charge in [-0.1, -0.05) is 6.92 Å². The van der Waals surface area contributed by atoms with Gasteiger partial charge in [-0.05, 0) is 37.6 Å². The molecule has 0 saturated carbocycles. The maximum Gasteiger partial charge on any atom is 0.241 e. The van der Waals surface area contributed by atoms with E-state index in [1.807, 2.05) is 19.3 Å². The van der Waals surface area contributed by atoms with Gasteiger partial charge in [0.2, 0.25) is 5.91 Å². The van der Waals surface area contributed by atoms with E-state index in [0.29, 0.717) is 12.6 Å². The molecule has 1 aromatic rings. The van der Waals surface area contributed by atoms with Crippen molar-refractivity contribution >= 4 is 11.7 Å². The summed E-state index contributed by atoms with van der Waals surface area (Å²) in [6, 6.07) is 4.43. The molecule has 20 heavy (non-hydrogen) atoms. The predicted octanol–water partition coefficient (Wildman–Crippen LogP) is 1.42. The molecule has 1 atom stereocenters. The number of carbonyl (C=O) groups is 1. The molecule has 1 amide bonds. The van der Waals surface area contributed by atoms with Crippen LogP contribution in [0, 0.1) is 0 Å². The van der Waals surface area contributed by atoms with Crippen molar-refractivity contribution in [2.75, 3.05) is 38.1 Å². The SMILES string of the molecule is CCCNC(C)c1ccnc(N2CCN(C)C(=O)C2)c1. The van der Waals surface area contributed by atoms with Crippen LogP contribution >= 0.6 is 0 Å². The number of nitrogens with zero attached hydrogens (tertiary/aromatic N) is 3. The molecule has 0 aliphatic carbocycles. The first-order valence-corrected chi connectivity index (χ1v) is 7.30. The van der Waals surface area contributed by atoms with Gasteiger partial charge in [0.05, 0.1) is 6.54 Å². The first-order chi connectivity index (χ1) is 9.61.